The molecular weight excluding hydrogens is 156 g/mol. The first kappa shape index (κ1) is 8.01. The van der Waals surface area contributed by atoms with Gasteiger partial charge in [-0.1, -0.05) is 0 Å². The van der Waals surface area contributed by atoms with E-state index in [0.717, 1.165) is 25.9 Å². The number of piperidine rings is 1. The van der Waals surface area contributed by atoms with Crippen LogP contribution in [-0.2, 0) is 9.53 Å². The summed E-state index contributed by atoms with van der Waals surface area (Å²) in [5.74, 6) is 0.0662. The van der Waals surface area contributed by atoms with Crippen LogP contribution in [0.3, 0.4) is 0 Å². The summed E-state index contributed by atoms with van der Waals surface area (Å²) in [6, 6.07) is 0. The molecule has 0 radical (unpaired) electrons. The first-order valence-corrected chi connectivity index (χ1v) is 4.42. The van der Waals surface area contributed by atoms with Crippen molar-refractivity contribution in [2.75, 3.05) is 13.1 Å². The van der Waals surface area contributed by atoms with Gasteiger partial charge in [-0.3, -0.25) is 4.79 Å². The van der Waals surface area contributed by atoms with Crippen molar-refractivity contribution in [3.8, 4) is 0 Å². The zero-order chi connectivity index (χ0) is 8.60. The summed E-state index contributed by atoms with van der Waals surface area (Å²) < 4.78 is 5.60. The lowest BCUT2D eigenvalue weighted by Crippen LogP contribution is -2.47. The summed E-state index contributed by atoms with van der Waals surface area (Å²) >= 11 is 0. The molecular formula is C8H14N2O2. The largest absolute Gasteiger partial charge is 0.342 e. The van der Waals surface area contributed by atoms with Crippen LogP contribution in [0.15, 0.2) is 0 Å². The zero-order valence-electron chi connectivity index (χ0n) is 7.22. The molecule has 4 heteroatoms. The maximum Gasteiger partial charge on any atom is 0.254 e. The van der Waals surface area contributed by atoms with Crippen LogP contribution in [0.5, 0.6) is 0 Å². The summed E-state index contributed by atoms with van der Waals surface area (Å²) in [6.07, 6.45) is 1.47. The van der Waals surface area contributed by atoms with Gasteiger partial charge in [0.05, 0.1) is 0 Å². The van der Waals surface area contributed by atoms with Gasteiger partial charge in [-0.25, -0.2) is 0 Å². The lowest BCUT2D eigenvalue weighted by atomic mass is 9.92. The van der Waals surface area contributed by atoms with Crippen LogP contribution in [0.25, 0.3) is 0 Å². The predicted molar refractivity (Wildman–Crippen MR) is 43.5 cm³/mol. The summed E-state index contributed by atoms with van der Waals surface area (Å²) in [4.78, 5) is 11.5. The molecule has 0 bridgehead atoms. The van der Waals surface area contributed by atoms with Crippen molar-refractivity contribution in [2.24, 2.45) is 0 Å². The Morgan fingerprint density at radius 3 is 2.67 bits per heavy atom. The fourth-order valence-corrected chi connectivity index (χ4v) is 1.91. The molecule has 1 atom stereocenters. The highest BCUT2D eigenvalue weighted by atomic mass is 16.5. The van der Waals surface area contributed by atoms with Crippen molar-refractivity contribution in [1.29, 1.82) is 0 Å². The van der Waals surface area contributed by atoms with Gasteiger partial charge >= 0.3 is 0 Å². The van der Waals surface area contributed by atoms with Crippen molar-refractivity contribution in [1.82, 2.24) is 10.6 Å². The summed E-state index contributed by atoms with van der Waals surface area (Å²) in [6.45, 7) is 3.62. The minimum absolute atomic E-state index is 0.0662. The van der Waals surface area contributed by atoms with Gasteiger partial charge in [-0.05, 0) is 32.9 Å². The third-order valence-corrected chi connectivity index (χ3v) is 2.56. The number of ether oxygens (including phenoxy) is 1. The van der Waals surface area contributed by atoms with E-state index < -0.39 is 5.60 Å². The Morgan fingerprint density at radius 1 is 1.50 bits per heavy atom. The lowest BCUT2D eigenvalue weighted by molar-refractivity contribution is -0.136. The Bertz CT molecular complexity index is 199. The van der Waals surface area contributed by atoms with E-state index in [4.69, 9.17) is 4.74 Å². The van der Waals surface area contributed by atoms with Crippen LogP contribution in [-0.4, -0.2) is 30.8 Å². The van der Waals surface area contributed by atoms with Crippen molar-refractivity contribution in [2.45, 2.75) is 31.6 Å². The van der Waals surface area contributed by atoms with E-state index in [0.29, 0.717) is 0 Å². The monoisotopic (exact) mass is 170 g/mol. The Balaban J connectivity index is 2.13. The minimum Gasteiger partial charge on any atom is -0.342 e. The molecule has 2 saturated heterocycles. The molecule has 2 heterocycles. The highest BCUT2D eigenvalue weighted by molar-refractivity contribution is 5.87. The van der Waals surface area contributed by atoms with Gasteiger partial charge in [-0.2, -0.15) is 0 Å². The second-order valence-electron chi connectivity index (χ2n) is 3.48. The van der Waals surface area contributed by atoms with Gasteiger partial charge in [0.15, 0.2) is 5.60 Å². The molecule has 0 aromatic rings. The van der Waals surface area contributed by atoms with Crippen molar-refractivity contribution < 1.29 is 9.53 Å². The molecule has 2 aliphatic rings. The van der Waals surface area contributed by atoms with E-state index in [-0.39, 0.29) is 12.1 Å². The molecule has 1 unspecified atom stereocenters. The summed E-state index contributed by atoms with van der Waals surface area (Å²) in [7, 11) is 0. The maximum atomic E-state index is 11.5. The Hall–Kier alpha value is -0.610. The van der Waals surface area contributed by atoms with E-state index in [1.165, 1.54) is 0 Å². The molecule has 2 N–H and O–H groups in total. The van der Waals surface area contributed by atoms with Gasteiger partial charge in [0, 0.05) is 0 Å². The van der Waals surface area contributed by atoms with Gasteiger partial charge in [0.1, 0.15) is 6.23 Å². The quantitative estimate of drug-likeness (QED) is 0.520. The molecule has 0 aromatic carbocycles. The number of amides is 1. The number of carbonyl (C=O) groups is 1. The molecule has 0 aromatic heterocycles. The highest BCUT2D eigenvalue weighted by Crippen LogP contribution is 2.28. The average molecular weight is 170 g/mol. The molecule has 1 spiro atoms. The lowest BCUT2D eigenvalue weighted by Gasteiger charge is -2.30. The van der Waals surface area contributed by atoms with Crippen molar-refractivity contribution in [3.63, 3.8) is 0 Å². The Kier molecular flexibility index (Phi) is 1.81. The van der Waals surface area contributed by atoms with E-state index in [1.807, 2.05) is 6.92 Å². The fraction of sp³-hybridized carbons (Fsp3) is 0.875. The number of hydrogen-bond acceptors (Lipinski definition) is 3. The number of rotatable bonds is 0. The molecule has 1 amide bonds. The first-order chi connectivity index (χ1) is 5.73. The molecule has 12 heavy (non-hydrogen) atoms. The maximum absolute atomic E-state index is 11.5. The van der Waals surface area contributed by atoms with E-state index >= 15 is 0 Å². The SMILES string of the molecule is CC1NC(=O)C2(CCNCC2)O1. The summed E-state index contributed by atoms with van der Waals surface area (Å²) in [5, 5.41) is 6.00. The van der Waals surface area contributed by atoms with E-state index in [2.05, 4.69) is 10.6 Å². The Labute approximate surface area is 71.7 Å². The van der Waals surface area contributed by atoms with Crippen LogP contribution >= 0.6 is 0 Å². The third-order valence-electron chi connectivity index (χ3n) is 2.56. The fourth-order valence-electron chi connectivity index (χ4n) is 1.91. The molecule has 2 fully saturated rings. The van der Waals surface area contributed by atoms with Crippen LogP contribution in [0.2, 0.25) is 0 Å². The van der Waals surface area contributed by atoms with Crippen LogP contribution in [0, 0.1) is 0 Å². The van der Waals surface area contributed by atoms with Gasteiger partial charge in [0.2, 0.25) is 0 Å². The average Bonchev–Trinajstić information content (AvgIpc) is 2.29. The Morgan fingerprint density at radius 2 is 2.17 bits per heavy atom. The second kappa shape index (κ2) is 2.71. The molecule has 2 rings (SSSR count). The van der Waals surface area contributed by atoms with Crippen LogP contribution < -0.4 is 10.6 Å². The van der Waals surface area contributed by atoms with Gasteiger partial charge < -0.3 is 15.4 Å². The van der Waals surface area contributed by atoms with Crippen molar-refractivity contribution in [3.05, 3.63) is 0 Å². The van der Waals surface area contributed by atoms with Gasteiger partial charge in [0.25, 0.3) is 5.91 Å². The first-order valence-electron chi connectivity index (χ1n) is 4.42. The second-order valence-corrected chi connectivity index (χ2v) is 3.48. The van der Waals surface area contributed by atoms with Crippen LogP contribution in [0.4, 0.5) is 0 Å². The third kappa shape index (κ3) is 1.11. The zero-order valence-corrected chi connectivity index (χ0v) is 7.22. The normalized spacial score (nSPS) is 33.8. The summed E-state index contributed by atoms with van der Waals surface area (Å²) in [5.41, 5.74) is -0.509. The smallest absolute Gasteiger partial charge is 0.254 e. The van der Waals surface area contributed by atoms with Crippen LogP contribution in [0.1, 0.15) is 19.8 Å². The number of nitrogens with one attached hydrogen (secondary N) is 2. The van der Waals surface area contributed by atoms with Gasteiger partial charge in [-0.15, -0.1) is 0 Å². The molecule has 0 aliphatic carbocycles. The van der Waals surface area contributed by atoms with E-state index in [1.54, 1.807) is 0 Å². The molecule has 0 saturated carbocycles. The molecule has 2 aliphatic heterocycles. The van der Waals surface area contributed by atoms with E-state index in [9.17, 15) is 4.79 Å². The van der Waals surface area contributed by atoms with Crippen molar-refractivity contribution >= 4 is 5.91 Å². The topological polar surface area (TPSA) is 50.4 Å². The minimum atomic E-state index is -0.509. The number of carbonyl (C=O) groups excluding carboxylic acids is 1. The molecule has 4 nitrogen and oxygen atoms in total. The predicted octanol–water partition coefficient (Wildman–Crippen LogP) is -0.399. The highest BCUT2D eigenvalue weighted by Gasteiger charge is 2.47. The standard InChI is InChI=1S/C8H14N2O2/c1-6-10-7(11)8(12-6)2-4-9-5-3-8/h6,9H,2-5H2,1H3,(H,10,11). The molecule has 68 valence electrons. The number of hydrogen-bond donors (Lipinski definition) is 2.